The molecule has 0 bridgehead atoms. The Balaban J connectivity index is 1.98. The molecule has 1 aliphatic rings. The van der Waals surface area contributed by atoms with Crippen molar-refractivity contribution >= 4 is 5.82 Å². The van der Waals surface area contributed by atoms with Gasteiger partial charge in [-0.25, -0.2) is 9.97 Å². The standard InChI is InChI=1S/C14H12F3N5/c15-14(16,17)11(1-4-18)22-6-3-9(7-22)12-10-2-5-19-13(10)21-8-20-12/h3,6-8,11H,1-2,5H2,(H,19,20,21)/t11-/m0/s1. The molecule has 1 aliphatic heterocycles. The fraction of sp³-hybridized carbons (Fsp3) is 0.357. The Kier molecular flexibility index (Phi) is 3.48. The lowest BCUT2D eigenvalue weighted by Crippen LogP contribution is -2.25. The molecule has 0 fully saturated rings. The third kappa shape index (κ3) is 2.50. The molecule has 2 aromatic rings. The van der Waals surface area contributed by atoms with Crippen LogP contribution in [0.1, 0.15) is 18.0 Å². The summed E-state index contributed by atoms with van der Waals surface area (Å²) in [5.41, 5.74) is 2.13. The van der Waals surface area contributed by atoms with Gasteiger partial charge in [-0.3, -0.25) is 0 Å². The highest BCUT2D eigenvalue weighted by atomic mass is 19.4. The van der Waals surface area contributed by atoms with Crippen molar-refractivity contribution in [3.63, 3.8) is 0 Å². The Morgan fingerprint density at radius 2 is 2.23 bits per heavy atom. The van der Waals surface area contributed by atoms with Gasteiger partial charge in [-0.05, 0) is 12.5 Å². The van der Waals surface area contributed by atoms with E-state index >= 15 is 0 Å². The average Bonchev–Trinajstić information content (AvgIpc) is 3.11. The number of aromatic nitrogens is 3. The Morgan fingerprint density at radius 3 is 2.95 bits per heavy atom. The molecule has 0 aromatic carbocycles. The zero-order chi connectivity index (χ0) is 15.7. The van der Waals surface area contributed by atoms with Crippen LogP contribution < -0.4 is 5.32 Å². The Labute approximate surface area is 124 Å². The van der Waals surface area contributed by atoms with E-state index in [0.29, 0.717) is 11.3 Å². The van der Waals surface area contributed by atoms with Crippen molar-refractivity contribution in [3.8, 4) is 17.3 Å². The van der Waals surface area contributed by atoms with Gasteiger partial charge in [-0.1, -0.05) is 0 Å². The summed E-state index contributed by atoms with van der Waals surface area (Å²) in [6.45, 7) is 0.737. The number of hydrogen-bond donors (Lipinski definition) is 1. The first-order valence-corrected chi connectivity index (χ1v) is 6.70. The third-order valence-corrected chi connectivity index (χ3v) is 3.62. The molecule has 0 amide bonds. The second-order valence-electron chi connectivity index (χ2n) is 4.99. The van der Waals surface area contributed by atoms with E-state index in [-0.39, 0.29) is 0 Å². The van der Waals surface area contributed by atoms with Crippen molar-refractivity contribution in [2.24, 2.45) is 0 Å². The SMILES string of the molecule is N#CC[C@H](n1ccc(-c2ncnc3c2CCN3)c1)C(F)(F)F. The maximum Gasteiger partial charge on any atom is 0.410 e. The van der Waals surface area contributed by atoms with Gasteiger partial charge in [-0.15, -0.1) is 0 Å². The van der Waals surface area contributed by atoms with Gasteiger partial charge in [0.05, 0.1) is 18.2 Å². The van der Waals surface area contributed by atoms with Crippen LogP contribution in [0.2, 0.25) is 0 Å². The number of rotatable bonds is 3. The van der Waals surface area contributed by atoms with Crippen molar-refractivity contribution in [2.45, 2.75) is 25.1 Å². The molecule has 0 aliphatic carbocycles. The highest BCUT2D eigenvalue weighted by molar-refractivity contribution is 5.69. The fourth-order valence-corrected chi connectivity index (χ4v) is 2.58. The molecule has 3 rings (SSSR count). The molecule has 0 unspecified atom stereocenters. The smallest absolute Gasteiger partial charge is 0.369 e. The minimum atomic E-state index is -4.47. The number of nitriles is 1. The van der Waals surface area contributed by atoms with E-state index in [1.807, 2.05) is 0 Å². The zero-order valence-electron chi connectivity index (χ0n) is 11.4. The largest absolute Gasteiger partial charge is 0.410 e. The first-order chi connectivity index (χ1) is 10.5. The second kappa shape index (κ2) is 5.33. The van der Waals surface area contributed by atoms with E-state index in [2.05, 4.69) is 15.3 Å². The second-order valence-corrected chi connectivity index (χ2v) is 4.99. The molecule has 0 saturated carbocycles. The molecule has 3 heterocycles. The van der Waals surface area contributed by atoms with Crippen LogP contribution in [0.25, 0.3) is 11.3 Å². The summed E-state index contributed by atoms with van der Waals surface area (Å²) >= 11 is 0. The number of halogens is 3. The molecule has 8 heteroatoms. The summed E-state index contributed by atoms with van der Waals surface area (Å²) in [6.07, 6.45) is -0.252. The van der Waals surface area contributed by atoms with Gasteiger partial charge < -0.3 is 9.88 Å². The van der Waals surface area contributed by atoms with Gasteiger partial charge in [0.25, 0.3) is 0 Å². The van der Waals surface area contributed by atoms with Crippen LogP contribution in [0.5, 0.6) is 0 Å². The number of alkyl halides is 3. The lowest BCUT2D eigenvalue weighted by molar-refractivity contribution is -0.166. The summed E-state index contributed by atoms with van der Waals surface area (Å²) in [5.74, 6) is 0.724. The monoisotopic (exact) mass is 307 g/mol. The van der Waals surface area contributed by atoms with Crippen molar-refractivity contribution in [2.75, 3.05) is 11.9 Å². The predicted molar refractivity (Wildman–Crippen MR) is 73.0 cm³/mol. The van der Waals surface area contributed by atoms with Crippen LogP contribution in [0, 0.1) is 11.3 Å². The number of anilines is 1. The third-order valence-electron chi connectivity index (χ3n) is 3.62. The molecule has 0 radical (unpaired) electrons. The molecule has 0 spiro atoms. The van der Waals surface area contributed by atoms with E-state index in [9.17, 15) is 13.2 Å². The molecule has 22 heavy (non-hydrogen) atoms. The summed E-state index contributed by atoms with van der Waals surface area (Å²) < 4.78 is 40.1. The van der Waals surface area contributed by atoms with Crippen LogP contribution in [0.4, 0.5) is 19.0 Å². The molecule has 2 aromatic heterocycles. The average molecular weight is 307 g/mol. The highest BCUT2D eigenvalue weighted by Crippen LogP contribution is 2.35. The summed E-state index contributed by atoms with van der Waals surface area (Å²) in [6, 6.07) is 1.32. The van der Waals surface area contributed by atoms with Crippen LogP contribution in [0.15, 0.2) is 24.8 Å². The normalized spacial score (nSPS) is 15.0. The summed E-state index contributed by atoms with van der Waals surface area (Å²) in [4.78, 5) is 8.29. The Morgan fingerprint density at radius 1 is 1.41 bits per heavy atom. The first-order valence-electron chi connectivity index (χ1n) is 6.70. The van der Waals surface area contributed by atoms with E-state index in [1.54, 1.807) is 12.1 Å². The van der Waals surface area contributed by atoms with Gasteiger partial charge in [0.15, 0.2) is 0 Å². The Bertz CT molecular complexity index is 729. The van der Waals surface area contributed by atoms with Gasteiger partial charge in [0.1, 0.15) is 18.2 Å². The van der Waals surface area contributed by atoms with E-state index in [1.165, 1.54) is 18.7 Å². The molecule has 0 saturated heterocycles. The predicted octanol–water partition coefficient (Wildman–Crippen LogP) is 2.93. The lowest BCUT2D eigenvalue weighted by atomic mass is 10.1. The molecule has 5 nitrogen and oxygen atoms in total. The van der Waals surface area contributed by atoms with Crippen molar-refractivity contribution < 1.29 is 13.2 Å². The molecule has 1 N–H and O–H groups in total. The molecular weight excluding hydrogens is 295 g/mol. The van der Waals surface area contributed by atoms with Gasteiger partial charge in [0.2, 0.25) is 0 Å². The van der Waals surface area contributed by atoms with Crippen molar-refractivity contribution in [1.29, 1.82) is 5.26 Å². The Hall–Kier alpha value is -2.56. The number of fused-ring (bicyclic) bond motifs is 1. The summed E-state index contributed by atoms with van der Waals surface area (Å²) in [5, 5.41) is 11.7. The number of hydrogen-bond acceptors (Lipinski definition) is 4. The van der Waals surface area contributed by atoms with Crippen LogP contribution in [0.3, 0.4) is 0 Å². The zero-order valence-corrected chi connectivity index (χ0v) is 11.4. The molecule has 114 valence electrons. The van der Waals surface area contributed by atoms with E-state index in [4.69, 9.17) is 5.26 Å². The van der Waals surface area contributed by atoms with Crippen LogP contribution >= 0.6 is 0 Å². The van der Waals surface area contributed by atoms with Gasteiger partial charge in [0, 0.05) is 30.1 Å². The van der Waals surface area contributed by atoms with Gasteiger partial charge >= 0.3 is 6.18 Å². The maximum absolute atomic E-state index is 13.0. The van der Waals surface area contributed by atoms with Gasteiger partial charge in [-0.2, -0.15) is 18.4 Å². The minimum absolute atomic E-state index is 0.592. The number of nitrogens with one attached hydrogen (secondary N) is 1. The lowest BCUT2D eigenvalue weighted by Gasteiger charge is -2.19. The quantitative estimate of drug-likeness (QED) is 0.947. The van der Waals surface area contributed by atoms with Crippen LogP contribution in [-0.2, 0) is 6.42 Å². The van der Waals surface area contributed by atoms with E-state index in [0.717, 1.165) is 28.9 Å². The minimum Gasteiger partial charge on any atom is -0.369 e. The van der Waals surface area contributed by atoms with Crippen molar-refractivity contribution in [1.82, 2.24) is 14.5 Å². The first kappa shape index (κ1) is 14.4. The molecular formula is C14H12F3N5. The number of nitrogens with zero attached hydrogens (tertiary/aromatic N) is 4. The molecule has 1 atom stereocenters. The fourth-order valence-electron chi connectivity index (χ4n) is 2.58. The summed E-state index contributed by atoms with van der Waals surface area (Å²) in [7, 11) is 0. The van der Waals surface area contributed by atoms with Crippen LogP contribution in [-0.4, -0.2) is 27.3 Å². The highest BCUT2D eigenvalue weighted by Gasteiger charge is 2.40. The van der Waals surface area contributed by atoms with Crippen molar-refractivity contribution in [3.05, 3.63) is 30.4 Å². The van der Waals surface area contributed by atoms with E-state index < -0.39 is 18.6 Å². The maximum atomic E-state index is 13.0. The topological polar surface area (TPSA) is 66.5 Å².